The molecule has 5 nitrogen and oxygen atoms in total. The zero-order valence-corrected chi connectivity index (χ0v) is 16.5. The fraction of sp³-hybridized carbons (Fsp3) is 0.286. The topological polar surface area (TPSA) is 59.6 Å². The maximum absolute atomic E-state index is 13.0. The van der Waals surface area contributed by atoms with Gasteiger partial charge >= 0.3 is 12.1 Å². The molecule has 0 spiro atoms. The zero-order valence-electron chi connectivity index (χ0n) is 15.8. The molecule has 1 unspecified atom stereocenters. The molecule has 1 fully saturated rings. The summed E-state index contributed by atoms with van der Waals surface area (Å²) < 4.78 is 39.0. The van der Waals surface area contributed by atoms with E-state index in [0.29, 0.717) is 42.5 Å². The van der Waals surface area contributed by atoms with Crippen molar-refractivity contribution in [3.05, 3.63) is 64.8 Å². The maximum atomic E-state index is 13.0. The summed E-state index contributed by atoms with van der Waals surface area (Å²) in [6.45, 7) is 1.66. The predicted molar refractivity (Wildman–Crippen MR) is 109 cm³/mol. The Morgan fingerprint density at radius 2 is 1.83 bits per heavy atom. The van der Waals surface area contributed by atoms with Crippen LogP contribution in [0.3, 0.4) is 0 Å². The lowest BCUT2D eigenvalue weighted by molar-refractivity contribution is -0.143. The summed E-state index contributed by atoms with van der Waals surface area (Å²) in [6, 6.07) is 9.59. The molecule has 2 N–H and O–H groups in total. The summed E-state index contributed by atoms with van der Waals surface area (Å²) >= 11 is 6.09. The lowest BCUT2D eigenvalue weighted by Crippen LogP contribution is -2.49. The van der Waals surface area contributed by atoms with Gasteiger partial charge < -0.3 is 15.0 Å². The summed E-state index contributed by atoms with van der Waals surface area (Å²) in [5, 5.41) is 11.2. The molecule has 9 heteroatoms. The number of nitrogens with one attached hydrogen (secondary N) is 1. The number of aromatic nitrogens is 1. The van der Waals surface area contributed by atoms with Crippen LogP contribution in [0, 0.1) is 0 Å². The van der Waals surface area contributed by atoms with Gasteiger partial charge in [-0.1, -0.05) is 17.7 Å². The molecule has 0 radical (unpaired) electrons. The molecule has 2 aromatic carbocycles. The number of hydrogen-bond donors (Lipinski definition) is 2. The van der Waals surface area contributed by atoms with Crippen molar-refractivity contribution in [1.82, 2.24) is 9.88 Å². The van der Waals surface area contributed by atoms with Gasteiger partial charge in [0.15, 0.2) is 0 Å². The average molecular weight is 438 g/mol. The van der Waals surface area contributed by atoms with Gasteiger partial charge in [-0.05, 0) is 36.4 Å². The highest BCUT2D eigenvalue weighted by molar-refractivity contribution is 6.31. The van der Waals surface area contributed by atoms with E-state index in [-0.39, 0.29) is 0 Å². The van der Waals surface area contributed by atoms with E-state index >= 15 is 0 Å². The van der Waals surface area contributed by atoms with Crippen molar-refractivity contribution >= 4 is 34.2 Å². The smallest absolute Gasteiger partial charge is 0.416 e. The quantitative estimate of drug-likeness (QED) is 0.616. The number of rotatable bonds is 4. The summed E-state index contributed by atoms with van der Waals surface area (Å²) in [7, 11) is 0. The number of piperazine rings is 1. The average Bonchev–Trinajstić information content (AvgIpc) is 3.11. The SMILES string of the molecule is O=C(O)C(c1c[nH]c2ccc(Cl)cc12)N1CCN(c2cccc(C(F)(F)F)c2)CC1. The number of aliphatic carboxylic acids is 1. The third-order valence-electron chi connectivity index (χ3n) is 5.42. The molecule has 4 rings (SSSR count). The number of halogens is 4. The van der Waals surface area contributed by atoms with Crippen molar-refractivity contribution in [2.45, 2.75) is 12.2 Å². The number of nitrogens with zero attached hydrogens (tertiary/aromatic N) is 2. The molecule has 1 aliphatic rings. The molecule has 1 atom stereocenters. The highest BCUT2D eigenvalue weighted by Gasteiger charge is 2.34. The first kappa shape index (κ1) is 20.6. The van der Waals surface area contributed by atoms with Crippen LogP contribution in [0.4, 0.5) is 18.9 Å². The van der Waals surface area contributed by atoms with E-state index in [1.165, 1.54) is 6.07 Å². The molecular formula is C21H19ClF3N3O2. The van der Waals surface area contributed by atoms with E-state index in [2.05, 4.69) is 4.98 Å². The number of carbonyl (C=O) groups is 1. The van der Waals surface area contributed by atoms with Crippen molar-refractivity contribution in [2.75, 3.05) is 31.1 Å². The fourth-order valence-electron chi connectivity index (χ4n) is 3.94. The molecule has 0 saturated carbocycles. The summed E-state index contributed by atoms with van der Waals surface area (Å²) in [6.07, 6.45) is -2.72. The van der Waals surface area contributed by atoms with E-state index in [0.717, 1.165) is 23.0 Å². The first-order valence-electron chi connectivity index (χ1n) is 9.39. The maximum Gasteiger partial charge on any atom is 0.416 e. The number of aromatic amines is 1. The van der Waals surface area contributed by atoms with Gasteiger partial charge in [-0.2, -0.15) is 13.2 Å². The Morgan fingerprint density at radius 1 is 1.10 bits per heavy atom. The summed E-state index contributed by atoms with van der Waals surface area (Å²) in [4.78, 5) is 18.9. The number of hydrogen-bond acceptors (Lipinski definition) is 3. The fourth-order valence-corrected chi connectivity index (χ4v) is 4.12. The van der Waals surface area contributed by atoms with Gasteiger partial charge in [0.25, 0.3) is 0 Å². The summed E-state index contributed by atoms with van der Waals surface area (Å²) in [5.41, 5.74) is 1.20. The minimum atomic E-state index is -4.40. The second-order valence-electron chi connectivity index (χ2n) is 7.25. The first-order chi connectivity index (χ1) is 14.2. The molecule has 0 aliphatic carbocycles. The zero-order chi connectivity index (χ0) is 21.5. The van der Waals surface area contributed by atoms with Gasteiger partial charge in [0.05, 0.1) is 5.56 Å². The molecule has 1 aliphatic heterocycles. The Morgan fingerprint density at radius 3 is 2.50 bits per heavy atom. The molecule has 0 bridgehead atoms. The first-order valence-corrected chi connectivity index (χ1v) is 9.77. The number of benzene rings is 2. The Hall–Kier alpha value is -2.71. The largest absolute Gasteiger partial charge is 0.480 e. The van der Waals surface area contributed by atoms with Gasteiger partial charge in [-0.15, -0.1) is 0 Å². The number of fused-ring (bicyclic) bond motifs is 1. The molecule has 158 valence electrons. The van der Waals surface area contributed by atoms with Crippen LogP contribution in [-0.4, -0.2) is 47.1 Å². The van der Waals surface area contributed by atoms with Crippen molar-refractivity contribution in [3.63, 3.8) is 0 Å². The van der Waals surface area contributed by atoms with Crippen LogP contribution < -0.4 is 4.90 Å². The number of alkyl halides is 3. The standard InChI is InChI=1S/C21H19ClF3N3O2/c22-14-4-5-18-16(11-14)17(12-26-18)19(20(29)30)28-8-6-27(7-9-28)15-3-1-2-13(10-15)21(23,24)25/h1-5,10-12,19,26H,6-9H2,(H,29,30). The molecule has 0 amide bonds. The van der Waals surface area contributed by atoms with Crippen LogP contribution in [0.1, 0.15) is 17.2 Å². The van der Waals surface area contributed by atoms with E-state index in [1.807, 2.05) is 9.80 Å². The van der Waals surface area contributed by atoms with Crippen LogP contribution in [0.25, 0.3) is 10.9 Å². The lowest BCUT2D eigenvalue weighted by atomic mass is 10.0. The van der Waals surface area contributed by atoms with E-state index < -0.39 is 23.8 Å². The highest BCUT2D eigenvalue weighted by atomic mass is 35.5. The van der Waals surface area contributed by atoms with Crippen molar-refractivity contribution in [1.29, 1.82) is 0 Å². The molecular weight excluding hydrogens is 419 g/mol. The third kappa shape index (κ3) is 3.97. The lowest BCUT2D eigenvalue weighted by Gasteiger charge is -2.39. The third-order valence-corrected chi connectivity index (χ3v) is 5.66. The van der Waals surface area contributed by atoms with Crippen molar-refractivity contribution in [2.24, 2.45) is 0 Å². The van der Waals surface area contributed by atoms with Crippen molar-refractivity contribution in [3.8, 4) is 0 Å². The van der Waals surface area contributed by atoms with Crippen molar-refractivity contribution < 1.29 is 23.1 Å². The Balaban J connectivity index is 1.54. The number of carboxylic acids is 1. The van der Waals surface area contributed by atoms with E-state index in [1.54, 1.807) is 30.5 Å². The van der Waals surface area contributed by atoms with E-state index in [9.17, 15) is 23.1 Å². The highest BCUT2D eigenvalue weighted by Crippen LogP contribution is 2.34. The minimum absolute atomic E-state index is 0.403. The van der Waals surface area contributed by atoms with E-state index in [4.69, 9.17) is 11.6 Å². The van der Waals surface area contributed by atoms with Gasteiger partial charge in [0.2, 0.25) is 0 Å². The Labute approximate surface area is 175 Å². The second kappa shape index (κ2) is 7.85. The molecule has 2 heterocycles. The van der Waals surface area contributed by atoms with Gasteiger partial charge in [0.1, 0.15) is 6.04 Å². The number of H-pyrrole nitrogens is 1. The van der Waals surface area contributed by atoms with Gasteiger partial charge in [-0.3, -0.25) is 9.69 Å². The van der Waals surface area contributed by atoms with Gasteiger partial charge in [-0.25, -0.2) is 0 Å². The van der Waals surface area contributed by atoms with Crippen LogP contribution in [0.2, 0.25) is 5.02 Å². The van der Waals surface area contributed by atoms with Gasteiger partial charge in [0, 0.05) is 59.6 Å². The monoisotopic (exact) mass is 437 g/mol. The summed E-state index contributed by atoms with van der Waals surface area (Å²) in [5.74, 6) is -0.983. The Bertz CT molecular complexity index is 1070. The molecule has 1 aromatic heterocycles. The normalized spacial score (nSPS) is 16.7. The Kier molecular flexibility index (Phi) is 5.38. The van der Waals surface area contributed by atoms with Crippen LogP contribution in [0.15, 0.2) is 48.7 Å². The number of carboxylic acid groups (broad SMARTS) is 1. The van der Waals surface area contributed by atoms with Crippen LogP contribution in [-0.2, 0) is 11.0 Å². The minimum Gasteiger partial charge on any atom is -0.480 e. The number of anilines is 1. The van der Waals surface area contributed by atoms with Crippen LogP contribution in [0.5, 0.6) is 0 Å². The molecule has 3 aromatic rings. The predicted octanol–water partition coefficient (Wildman–Crippen LogP) is 4.79. The second-order valence-corrected chi connectivity index (χ2v) is 7.68. The molecule has 30 heavy (non-hydrogen) atoms. The van der Waals surface area contributed by atoms with Crippen LogP contribution >= 0.6 is 11.6 Å². The molecule has 1 saturated heterocycles.